The summed E-state index contributed by atoms with van der Waals surface area (Å²) in [6.07, 6.45) is 2.59. The Morgan fingerprint density at radius 1 is 1.52 bits per heavy atom. The average molecular weight is 287 g/mol. The van der Waals surface area contributed by atoms with E-state index in [0.717, 1.165) is 25.0 Å². The summed E-state index contributed by atoms with van der Waals surface area (Å²) < 4.78 is 5.50. The molecule has 1 aliphatic heterocycles. The highest BCUT2D eigenvalue weighted by Crippen LogP contribution is 2.13. The number of rotatable bonds is 4. The molecule has 0 radical (unpaired) electrons. The maximum Gasteiger partial charge on any atom is 0.252 e. The van der Waals surface area contributed by atoms with Crippen molar-refractivity contribution in [3.05, 3.63) is 34.9 Å². The zero-order valence-corrected chi connectivity index (χ0v) is 12.3. The van der Waals surface area contributed by atoms with Crippen LogP contribution >= 0.6 is 0 Å². The second kappa shape index (κ2) is 7.82. The molecule has 21 heavy (non-hydrogen) atoms. The van der Waals surface area contributed by atoms with Crippen LogP contribution in [-0.2, 0) is 4.74 Å². The van der Waals surface area contributed by atoms with Gasteiger partial charge in [0, 0.05) is 25.1 Å². The maximum atomic E-state index is 12.3. The highest BCUT2D eigenvalue weighted by molar-refractivity contribution is 5.96. The fourth-order valence-electron chi connectivity index (χ4n) is 2.28. The SMILES string of the molecule is Cc1ccc(C(=O)NCC2CCCO2)c(C#CCCO)c1. The molecule has 4 nitrogen and oxygen atoms in total. The van der Waals surface area contributed by atoms with Gasteiger partial charge in [-0.15, -0.1) is 0 Å². The van der Waals surface area contributed by atoms with Crippen LogP contribution in [-0.4, -0.2) is 36.9 Å². The Morgan fingerprint density at radius 3 is 3.10 bits per heavy atom. The first-order valence-electron chi connectivity index (χ1n) is 7.31. The van der Waals surface area contributed by atoms with Crippen LogP contribution < -0.4 is 5.32 Å². The van der Waals surface area contributed by atoms with Crippen molar-refractivity contribution in [2.24, 2.45) is 0 Å². The van der Waals surface area contributed by atoms with Gasteiger partial charge >= 0.3 is 0 Å². The quantitative estimate of drug-likeness (QED) is 0.828. The van der Waals surface area contributed by atoms with Crippen LogP contribution in [0.5, 0.6) is 0 Å². The van der Waals surface area contributed by atoms with Gasteiger partial charge in [0.15, 0.2) is 0 Å². The van der Waals surface area contributed by atoms with Crippen molar-refractivity contribution in [2.45, 2.75) is 32.3 Å². The molecule has 2 rings (SSSR count). The third-order valence-corrected chi connectivity index (χ3v) is 3.39. The molecule has 0 bridgehead atoms. The van der Waals surface area contributed by atoms with Crippen molar-refractivity contribution in [2.75, 3.05) is 19.8 Å². The van der Waals surface area contributed by atoms with Crippen molar-refractivity contribution in [3.8, 4) is 11.8 Å². The van der Waals surface area contributed by atoms with Crippen LogP contribution in [0.15, 0.2) is 18.2 Å². The number of aliphatic hydroxyl groups is 1. The summed E-state index contributed by atoms with van der Waals surface area (Å²) in [6, 6.07) is 5.59. The molecule has 2 N–H and O–H groups in total. The Kier molecular flexibility index (Phi) is 5.79. The topological polar surface area (TPSA) is 58.6 Å². The van der Waals surface area contributed by atoms with Crippen molar-refractivity contribution in [3.63, 3.8) is 0 Å². The molecule has 0 spiro atoms. The zero-order chi connectivity index (χ0) is 15.1. The summed E-state index contributed by atoms with van der Waals surface area (Å²) in [5.41, 5.74) is 2.33. The van der Waals surface area contributed by atoms with E-state index in [9.17, 15) is 4.79 Å². The Hall–Kier alpha value is -1.83. The van der Waals surface area contributed by atoms with Crippen LogP contribution in [0.25, 0.3) is 0 Å². The van der Waals surface area contributed by atoms with Gasteiger partial charge in [-0.25, -0.2) is 0 Å². The first-order valence-corrected chi connectivity index (χ1v) is 7.31. The van der Waals surface area contributed by atoms with Gasteiger partial charge in [-0.1, -0.05) is 17.9 Å². The molecular weight excluding hydrogens is 266 g/mol. The van der Waals surface area contributed by atoms with E-state index in [1.54, 1.807) is 6.07 Å². The van der Waals surface area contributed by atoms with Crippen LogP contribution in [0.3, 0.4) is 0 Å². The summed E-state index contributed by atoms with van der Waals surface area (Å²) >= 11 is 0. The Balaban J connectivity index is 2.06. The van der Waals surface area contributed by atoms with Gasteiger partial charge < -0.3 is 15.2 Å². The van der Waals surface area contributed by atoms with Gasteiger partial charge in [-0.3, -0.25) is 4.79 Å². The number of carbonyl (C=O) groups is 1. The van der Waals surface area contributed by atoms with E-state index in [-0.39, 0.29) is 18.6 Å². The third kappa shape index (κ3) is 4.59. The summed E-state index contributed by atoms with van der Waals surface area (Å²) in [7, 11) is 0. The molecule has 1 unspecified atom stereocenters. The first-order chi connectivity index (χ1) is 10.2. The van der Waals surface area contributed by atoms with Gasteiger partial charge in [0.1, 0.15) is 0 Å². The predicted octanol–water partition coefficient (Wildman–Crippen LogP) is 1.64. The predicted molar refractivity (Wildman–Crippen MR) is 81.1 cm³/mol. The standard InChI is InChI=1S/C17H21NO3/c1-13-7-8-16(14(11-13)5-2-3-9-19)17(20)18-12-15-6-4-10-21-15/h7-8,11,15,19H,3-4,6,9-10,12H2,1H3,(H,18,20). The Labute approximate surface area is 125 Å². The monoisotopic (exact) mass is 287 g/mol. The smallest absolute Gasteiger partial charge is 0.252 e. The third-order valence-electron chi connectivity index (χ3n) is 3.39. The number of aryl methyl sites for hydroxylation is 1. The lowest BCUT2D eigenvalue weighted by Gasteiger charge is -2.12. The van der Waals surface area contributed by atoms with E-state index < -0.39 is 0 Å². The van der Waals surface area contributed by atoms with E-state index in [1.165, 1.54) is 0 Å². The fraction of sp³-hybridized carbons (Fsp3) is 0.471. The Bertz CT molecular complexity index is 551. The van der Waals surface area contributed by atoms with Crippen LogP contribution in [0, 0.1) is 18.8 Å². The molecule has 1 amide bonds. The van der Waals surface area contributed by atoms with E-state index in [1.807, 2.05) is 19.1 Å². The summed E-state index contributed by atoms with van der Waals surface area (Å²) in [6.45, 7) is 3.31. The number of hydrogen-bond donors (Lipinski definition) is 2. The molecule has 0 aromatic heterocycles. The Morgan fingerprint density at radius 2 is 2.38 bits per heavy atom. The lowest BCUT2D eigenvalue weighted by atomic mass is 10.0. The molecule has 1 fully saturated rings. The van der Waals surface area contributed by atoms with Crippen molar-refractivity contribution in [1.29, 1.82) is 0 Å². The molecule has 0 saturated carbocycles. The van der Waals surface area contributed by atoms with Crippen LogP contribution in [0.2, 0.25) is 0 Å². The maximum absolute atomic E-state index is 12.3. The van der Waals surface area contributed by atoms with E-state index in [4.69, 9.17) is 9.84 Å². The van der Waals surface area contributed by atoms with Crippen molar-refractivity contribution >= 4 is 5.91 Å². The van der Waals surface area contributed by atoms with E-state index in [2.05, 4.69) is 17.2 Å². The first kappa shape index (κ1) is 15.6. The molecule has 1 aromatic rings. The van der Waals surface area contributed by atoms with Crippen LogP contribution in [0.4, 0.5) is 0 Å². The molecule has 112 valence electrons. The second-order valence-electron chi connectivity index (χ2n) is 5.17. The van der Waals surface area contributed by atoms with E-state index in [0.29, 0.717) is 24.1 Å². The summed E-state index contributed by atoms with van der Waals surface area (Å²) in [5.74, 6) is 5.70. The summed E-state index contributed by atoms with van der Waals surface area (Å²) in [4.78, 5) is 12.3. The van der Waals surface area contributed by atoms with Gasteiger partial charge in [-0.2, -0.15) is 0 Å². The fourth-order valence-corrected chi connectivity index (χ4v) is 2.28. The summed E-state index contributed by atoms with van der Waals surface area (Å²) in [5, 5.41) is 11.7. The van der Waals surface area contributed by atoms with Crippen molar-refractivity contribution < 1.29 is 14.6 Å². The number of nitrogens with one attached hydrogen (secondary N) is 1. The van der Waals surface area contributed by atoms with Crippen LogP contribution in [0.1, 0.15) is 40.7 Å². The molecular formula is C17H21NO3. The number of ether oxygens (including phenoxy) is 1. The molecule has 1 heterocycles. The van der Waals surface area contributed by atoms with Gasteiger partial charge in [-0.05, 0) is 37.5 Å². The van der Waals surface area contributed by atoms with Gasteiger partial charge in [0.05, 0.1) is 18.3 Å². The lowest BCUT2D eigenvalue weighted by molar-refractivity contribution is 0.0857. The highest BCUT2D eigenvalue weighted by atomic mass is 16.5. The normalized spacial score (nSPS) is 17.1. The zero-order valence-electron chi connectivity index (χ0n) is 12.3. The minimum absolute atomic E-state index is 0.0271. The molecule has 1 saturated heterocycles. The molecule has 1 aromatic carbocycles. The molecule has 1 atom stereocenters. The molecule has 4 heteroatoms. The minimum Gasteiger partial charge on any atom is -0.395 e. The lowest BCUT2D eigenvalue weighted by Crippen LogP contribution is -2.32. The number of aliphatic hydroxyl groups excluding tert-OH is 1. The van der Waals surface area contributed by atoms with Crippen molar-refractivity contribution in [1.82, 2.24) is 5.32 Å². The molecule has 0 aliphatic carbocycles. The van der Waals surface area contributed by atoms with Gasteiger partial charge in [0.2, 0.25) is 0 Å². The number of carbonyl (C=O) groups excluding carboxylic acids is 1. The number of amides is 1. The number of benzene rings is 1. The largest absolute Gasteiger partial charge is 0.395 e. The molecule has 1 aliphatic rings. The van der Waals surface area contributed by atoms with E-state index >= 15 is 0 Å². The highest BCUT2D eigenvalue weighted by Gasteiger charge is 2.17. The minimum atomic E-state index is -0.126. The number of hydrogen-bond acceptors (Lipinski definition) is 3. The van der Waals surface area contributed by atoms with Gasteiger partial charge in [0.25, 0.3) is 5.91 Å². The average Bonchev–Trinajstić information content (AvgIpc) is 2.98. The second-order valence-corrected chi connectivity index (χ2v) is 5.17.